The van der Waals surface area contributed by atoms with E-state index in [2.05, 4.69) is 25.6 Å². The Hall–Kier alpha value is -3.30. The molecule has 0 unspecified atom stereocenters. The van der Waals surface area contributed by atoms with Gasteiger partial charge in [-0.1, -0.05) is 18.2 Å². The molecule has 0 radical (unpaired) electrons. The minimum Gasteiger partial charge on any atom is -0.320 e. The van der Waals surface area contributed by atoms with Gasteiger partial charge in [0, 0.05) is 17.1 Å². The number of aromatic nitrogens is 1. The smallest absolute Gasteiger partial charge is 0.276 e. The first kappa shape index (κ1) is 18.1. The number of rotatable bonds is 5. The summed E-state index contributed by atoms with van der Waals surface area (Å²) >= 11 is 0. The van der Waals surface area contributed by atoms with Gasteiger partial charge < -0.3 is 5.32 Å². The number of nitrogens with one attached hydrogen (secondary N) is 3. The van der Waals surface area contributed by atoms with Gasteiger partial charge in [0.1, 0.15) is 0 Å². The fraction of sp³-hybridized carbons (Fsp3) is 0.105. The summed E-state index contributed by atoms with van der Waals surface area (Å²) in [7, 11) is -1.95. The molecular weight excluding hydrogens is 378 g/mol. The normalized spacial score (nSPS) is 14.9. The molecule has 1 aliphatic heterocycles. The van der Waals surface area contributed by atoms with Crippen molar-refractivity contribution in [2.75, 3.05) is 17.8 Å². The van der Waals surface area contributed by atoms with Gasteiger partial charge in [0.2, 0.25) is 10.0 Å². The van der Waals surface area contributed by atoms with E-state index in [0.29, 0.717) is 22.5 Å². The van der Waals surface area contributed by atoms with Crippen molar-refractivity contribution >= 4 is 43.9 Å². The van der Waals surface area contributed by atoms with E-state index >= 15 is 0 Å². The summed E-state index contributed by atoms with van der Waals surface area (Å²) in [5.41, 5.74) is 6.61. The topological polar surface area (TPSA) is 113 Å². The Balaban J connectivity index is 1.61. The van der Waals surface area contributed by atoms with Crippen molar-refractivity contribution < 1.29 is 13.2 Å². The predicted molar refractivity (Wildman–Crippen MR) is 109 cm³/mol. The first-order valence-corrected chi connectivity index (χ1v) is 10.2. The van der Waals surface area contributed by atoms with Crippen molar-refractivity contribution in [3.05, 3.63) is 65.9 Å². The molecule has 1 aliphatic rings. The minimum absolute atomic E-state index is 0.104. The van der Waals surface area contributed by atoms with Crippen molar-refractivity contribution in [3.63, 3.8) is 0 Å². The van der Waals surface area contributed by atoms with Crippen LogP contribution in [0.2, 0.25) is 0 Å². The molecule has 9 heteroatoms. The molecule has 0 spiro atoms. The molecule has 2 heterocycles. The van der Waals surface area contributed by atoms with Gasteiger partial charge in [-0.3, -0.25) is 15.2 Å². The fourth-order valence-corrected chi connectivity index (χ4v) is 3.78. The van der Waals surface area contributed by atoms with Gasteiger partial charge in [-0.2, -0.15) is 5.10 Å². The maximum atomic E-state index is 12.4. The van der Waals surface area contributed by atoms with Crippen LogP contribution in [0.3, 0.4) is 0 Å². The fourth-order valence-electron chi connectivity index (χ4n) is 3.00. The van der Waals surface area contributed by atoms with E-state index < -0.39 is 10.0 Å². The summed E-state index contributed by atoms with van der Waals surface area (Å²) in [4.78, 5) is 16.7. The lowest BCUT2D eigenvalue weighted by Crippen LogP contribution is -2.20. The second-order valence-electron chi connectivity index (χ2n) is 6.24. The van der Waals surface area contributed by atoms with E-state index in [1.54, 1.807) is 30.5 Å². The second kappa shape index (κ2) is 7.02. The number of carbonyl (C=O) groups excluding carboxylic acids is 1. The summed E-state index contributed by atoms with van der Waals surface area (Å²) in [6, 6.07) is 14.2. The van der Waals surface area contributed by atoms with Crippen LogP contribution >= 0.6 is 0 Å². The van der Waals surface area contributed by atoms with Crippen LogP contribution in [0.1, 0.15) is 11.1 Å². The molecular formula is C19H17N5O3S. The Morgan fingerprint density at radius 2 is 1.89 bits per heavy atom. The predicted octanol–water partition coefficient (Wildman–Crippen LogP) is 2.05. The van der Waals surface area contributed by atoms with Crippen LogP contribution in [-0.2, 0) is 20.6 Å². The van der Waals surface area contributed by atoms with Crippen LogP contribution in [0.5, 0.6) is 0 Å². The average Bonchev–Trinajstić information content (AvgIpc) is 3.03. The number of sulfonamides is 1. The lowest BCUT2D eigenvalue weighted by atomic mass is 10.0. The van der Waals surface area contributed by atoms with Crippen LogP contribution in [0, 0.1) is 0 Å². The third-order valence-electron chi connectivity index (χ3n) is 4.40. The van der Waals surface area contributed by atoms with E-state index in [1.165, 1.54) is 7.05 Å². The van der Waals surface area contributed by atoms with Crippen LogP contribution < -0.4 is 15.5 Å². The zero-order valence-corrected chi connectivity index (χ0v) is 15.7. The average molecular weight is 395 g/mol. The molecule has 1 aromatic heterocycles. The summed E-state index contributed by atoms with van der Waals surface area (Å²) in [6.07, 6.45) is 1.70. The summed E-state index contributed by atoms with van der Waals surface area (Å²) in [5.74, 6) is -0.400. The quantitative estimate of drug-likeness (QED) is 0.573. The van der Waals surface area contributed by atoms with Crippen LogP contribution in [-0.4, -0.2) is 32.1 Å². The molecule has 3 aromatic rings. The SMILES string of the molecule is CNS(=O)(=O)Cc1ccc(N/N=C2/C(=O)Nc3ccc4ncccc4c32)cc1. The maximum absolute atomic E-state index is 12.4. The number of hydrogen-bond acceptors (Lipinski definition) is 6. The molecule has 4 rings (SSSR count). The van der Waals surface area contributed by atoms with E-state index in [4.69, 9.17) is 0 Å². The molecule has 8 nitrogen and oxygen atoms in total. The van der Waals surface area contributed by atoms with E-state index in [9.17, 15) is 13.2 Å². The Bertz CT molecular complexity index is 1200. The molecule has 142 valence electrons. The molecule has 0 fully saturated rings. The second-order valence-corrected chi connectivity index (χ2v) is 8.17. The highest BCUT2D eigenvalue weighted by atomic mass is 32.2. The zero-order valence-electron chi connectivity index (χ0n) is 14.9. The Morgan fingerprint density at radius 1 is 1.11 bits per heavy atom. The molecule has 0 saturated carbocycles. The summed E-state index contributed by atoms with van der Waals surface area (Å²) in [6.45, 7) is 0. The van der Waals surface area contributed by atoms with Crippen molar-refractivity contribution in [1.29, 1.82) is 0 Å². The number of anilines is 2. The largest absolute Gasteiger partial charge is 0.320 e. The lowest BCUT2D eigenvalue weighted by Gasteiger charge is -2.06. The molecule has 3 N–H and O–H groups in total. The van der Waals surface area contributed by atoms with Crippen molar-refractivity contribution in [3.8, 4) is 0 Å². The highest BCUT2D eigenvalue weighted by Gasteiger charge is 2.28. The van der Waals surface area contributed by atoms with Crippen LogP contribution in [0.15, 0.2) is 59.8 Å². The van der Waals surface area contributed by atoms with Crippen molar-refractivity contribution in [2.24, 2.45) is 5.10 Å². The molecule has 0 saturated heterocycles. The highest BCUT2D eigenvalue weighted by molar-refractivity contribution is 7.88. The number of fused-ring (bicyclic) bond motifs is 3. The molecule has 0 bridgehead atoms. The van der Waals surface area contributed by atoms with E-state index in [0.717, 1.165) is 10.9 Å². The Labute approximate surface area is 161 Å². The molecule has 0 aliphatic carbocycles. The van der Waals surface area contributed by atoms with Gasteiger partial charge >= 0.3 is 0 Å². The number of nitrogens with zero attached hydrogens (tertiary/aromatic N) is 2. The van der Waals surface area contributed by atoms with Gasteiger partial charge in [-0.25, -0.2) is 13.1 Å². The Kier molecular flexibility index (Phi) is 4.54. The number of pyridine rings is 1. The van der Waals surface area contributed by atoms with Crippen molar-refractivity contribution in [2.45, 2.75) is 5.75 Å². The first-order valence-electron chi connectivity index (χ1n) is 8.50. The lowest BCUT2D eigenvalue weighted by molar-refractivity contribution is -0.110. The van der Waals surface area contributed by atoms with Crippen molar-refractivity contribution in [1.82, 2.24) is 9.71 Å². The third-order valence-corrected chi connectivity index (χ3v) is 5.74. The molecule has 0 atom stereocenters. The van der Waals surface area contributed by atoms with Gasteiger partial charge in [-0.15, -0.1) is 0 Å². The molecule has 1 amide bonds. The number of hydrogen-bond donors (Lipinski definition) is 3. The monoisotopic (exact) mass is 395 g/mol. The Morgan fingerprint density at radius 3 is 2.64 bits per heavy atom. The number of benzene rings is 2. The van der Waals surface area contributed by atoms with Gasteiger partial charge in [-0.05, 0) is 42.9 Å². The molecule has 28 heavy (non-hydrogen) atoms. The third kappa shape index (κ3) is 3.45. The standard InChI is InChI=1S/C19H17N5O3S/c1-20-28(26,27)11-12-4-6-13(7-5-12)23-24-18-17-14-3-2-10-21-15(14)8-9-16(17)22-19(18)25/h2-10,20,23H,11H2,1H3,(H,22,24,25). The maximum Gasteiger partial charge on any atom is 0.276 e. The highest BCUT2D eigenvalue weighted by Crippen LogP contribution is 2.30. The van der Waals surface area contributed by atoms with Gasteiger partial charge in [0.25, 0.3) is 5.91 Å². The minimum atomic E-state index is -3.33. The first-order chi connectivity index (χ1) is 13.5. The number of amides is 1. The summed E-state index contributed by atoms with van der Waals surface area (Å²) < 4.78 is 25.5. The van der Waals surface area contributed by atoms with E-state index in [1.807, 2.05) is 24.3 Å². The number of carbonyl (C=O) groups is 1. The number of hydrazone groups is 1. The van der Waals surface area contributed by atoms with Gasteiger partial charge in [0.05, 0.1) is 22.6 Å². The summed E-state index contributed by atoms with van der Waals surface area (Å²) in [5, 5.41) is 7.93. The molecule has 2 aromatic carbocycles. The zero-order chi connectivity index (χ0) is 19.7. The van der Waals surface area contributed by atoms with Gasteiger partial charge in [0.15, 0.2) is 5.71 Å². The van der Waals surface area contributed by atoms with Crippen LogP contribution in [0.4, 0.5) is 11.4 Å². The van der Waals surface area contributed by atoms with Crippen LogP contribution in [0.25, 0.3) is 10.9 Å². The van der Waals surface area contributed by atoms with E-state index in [-0.39, 0.29) is 17.4 Å².